The van der Waals surface area contributed by atoms with Crippen molar-refractivity contribution in [2.24, 2.45) is 5.92 Å². The van der Waals surface area contributed by atoms with Crippen molar-refractivity contribution >= 4 is 10.4 Å². The van der Waals surface area contributed by atoms with Gasteiger partial charge in [0.25, 0.3) is 0 Å². The number of benzene rings is 1. The van der Waals surface area contributed by atoms with Crippen molar-refractivity contribution in [1.29, 1.82) is 0 Å². The van der Waals surface area contributed by atoms with Gasteiger partial charge in [0.05, 0.1) is 0 Å². The van der Waals surface area contributed by atoms with Crippen molar-refractivity contribution in [3.63, 3.8) is 0 Å². The predicted octanol–water partition coefficient (Wildman–Crippen LogP) is -0.279. The number of hydrogen-bond acceptors (Lipinski definition) is 6. The van der Waals surface area contributed by atoms with Gasteiger partial charge in [0.15, 0.2) is 11.5 Å². The summed E-state index contributed by atoms with van der Waals surface area (Å²) >= 11 is 0. The number of rotatable bonds is 0. The van der Waals surface area contributed by atoms with Crippen LogP contribution in [-0.2, 0) is 22.2 Å². The van der Waals surface area contributed by atoms with Gasteiger partial charge in [-0.05, 0) is 38.1 Å². The number of aliphatic hydroxyl groups excluding tert-OH is 1. The monoisotopic (exact) mass is 401 g/mol. The maximum absolute atomic E-state index is 10.4. The number of phenolic OH excluding ortho intramolecular Hbond substituents is 1. The van der Waals surface area contributed by atoms with Gasteiger partial charge in [-0.1, -0.05) is 18.2 Å². The van der Waals surface area contributed by atoms with E-state index in [-0.39, 0.29) is 22.7 Å². The molecule has 0 aromatic heterocycles. The lowest BCUT2D eigenvalue weighted by Crippen LogP contribution is -2.64. The first-order valence-corrected chi connectivity index (χ1v) is 9.81. The zero-order valence-electron chi connectivity index (χ0n) is 14.6. The van der Waals surface area contributed by atoms with E-state index < -0.39 is 16.5 Å². The Labute approximate surface area is 156 Å². The van der Waals surface area contributed by atoms with E-state index in [1.807, 2.05) is 12.1 Å². The van der Waals surface area contributed by atoms with Gasteiger partial charge in [-0.25, -0.2) is 0 Å². The predicted molar refractivity (Wildman–Crippen MR) is 95.4 cm³/mol. The van der Waals surface area contributed by atoms with Crippen LogP contribution in [0.25, 0.3) is 0 Å². The summed E-state index contributed by atoms with van der Waals surface area (Å²) < 4.78 is 37.7. The normalized spacial score (nSPS) is 35.3. The van der Waals surface area contributed by atoms with Crippen molar-refractivity contribution in [2.75, 3.05) is 13.6 Å². The molecule has 2 bridgehead atoms. The van der Waals surface area contributed by atoms with E-state index in [0.29, 0.717) is 17.7 Å². The van der Waals surface area contributed by atoms with Crippen LogP contribution >= 0.6 is 0 Å². The average molecular weight is 401 g/mol. The Kier molecular flexibility index (Phi) is 4.78. The Bertz CT molecular complexity index is 877. The number of aromatic hydroxyl groups is 1. The molecule has 27 heavy (non-hydrogen) atoms. The Morgan fingerprint density at radius 3 is 2.59 bits per heavy atom. The fourth-order valence-corrected chi connectivity index (χ4v) is 5.24. The minimum atomic E-state index is -4.67. The van der Waals surface area contributed by atoms with Gasteiger partial charge < -0.3 is 25.3 Å². The van der Waals surface area contributed by atoms with Crippen LogP contribution < -0.4 is 4.74 Å². The molecule has 0 unspecified atom stereocenters. The molecule has 1 saturated heterocycles. The van der Waals surface area contributed by atoms with E-state index in [1.165, 1.54) is 11.1 Å². The van der Waals surface area contributed by atoms with E-state index in [1.54, 1.807) is 6.07 Å². The summed E-state index contributed by atoms with van der Waals surface area (Å²) in [5.74, 6) is 1.19. The second kappa shape index (κ2) is 6.43. The number of nitrogens with zero attached hydrogens (tertiary/aromatic N) is 1. The molecule has 6 N–H and O–H groups in total. The third kappa shape index (κ3) is 2.93. The summed E-state index contributed by atoms with van der Waals surface area (Å²) in [6.45, 7) is 1.01. The van der Waals surface area contributed by atoms with E-state index in [0.717, 1.165) is 19.4 Å². The third-order valence-corrected chi connectivity index (χ3v) is 6.15. The Morgan fingerprint density at radius 1 is 1.26 bits per heavy atom. The molecule has 9 nitrogen and oxygen atoms in total. The molecule has 5 atom stereocenters. The summed E-state index contributed by atoms with van der Waals surface area (Å²) in [6, 6.07) is 4.23. The van der Waals surface area contributed by atoms with Crippen LogP contribution in [0.2, 0.25) is 0 Å². The largest absolute Gasteiger partial charge is 0.504 e. The van der Waals surface area contributed by atoms with E-state index in [2.05, 4.69) is 18.0 Å². The number of piperidine rings is 1. The average Bonchev–Trinajstić information content (AvgIpc) is 2.89. The van der Waals surface area contributed by atoms with Gasteiger partial charge in [-0.2, -0.15) is 8.42 Å². The number of hydrogen-bond donors (Lipinski definition) is 4. The highest BCUT2D eigenvalue weighted by Gasteiger charge is 2.64. The van der Waals surface area contributed by atoms with Gasteiger partial charge in [0.2, 0.25) is 0 Å². The fourth-order valence-electron chi connectivity index (χ4n) is 5.24. The van der Waals surface area contributed by atoms with Crippen LogP contribution in [0.3, 0.4) is 0 Å². The van der Waals surface area contributed by atoms with Gasteiger partial charge >= 0.3 is 10.4 Å². The minimum absolute atomic E-state index is 0. The molecule has 0 radical (unpaired) electrons. The highest BCUT2D eigenvalue weighted by Crippen LogP contribution is 2.62. The molecule has 0 saturated carbocycles. The second-order valence-corrected chi connectivity index (χ2v) is 8.27. The van der Waals surface area contributed by atoms with Crippen molar-refractivity contribution in [2.45, 2.75) is 36.5 Å². The van der Waals surface area contributed by atoms with E-state index in [4.69, 9.17) is 22.3 Å². The molecule has 2 aliphatic heterocycles. The summed E-state index contributed by atoms with van der Waals surface area (Å²) in [7, 11) is -2.48. The summed E-state index contributed by atoms with van der Waals surface area (Å²) in [4.78, 5) is 2.43. The maximum atomic E-state index is 10.4. The molecule has 1 fully saturated rings. The number of likely N-dealkylation sites (tertiary alicyclic amines) is 1. The van der Waals surface area contributed by atoms with Crippen LogP contribution in [0.15, 0.2) is 24.3 Å². The fraction of sp³-hybridized carbons (Fsp3) is 0.529. The molecule has 1 aromatic carbocycles. The van der Waals surface area contributed by atoms with Crippen molar-refractivity contribution in [3.05, 3.63) is 35.4 Å². The van der Waals surface area contributed by atoms with E-state index >= 15 is 0 Å². The smallest absolute Gasteiger partial charge is 0.394 e. The number of ether oxygens (including phenoxy) is 1. The molecular formula is C17H23NO8S. The van der Waals surface area contributed by atoms with Crippen molar-refractivity contribution in [1.82, 2.24) is 4.90 Å². The quantitative estimate of drug-likeness (QED) is 0.341. The zero-order valence-corrected chi connectivity index (χ0v) is 15.4. The van der Waals surface area contributed by atoms with Gasteiger partial charge in [-0.15, -0.1) is 0 Å². The standard InChI is InChI=1S/C17H19NO3.H2O4S.H2O/c1-18-7-6-17-10-3-5-13(20)16(17)21-15-12(19)4-2-9(14(15)17)8-11(10)18;1-5(2,3)4;/h2-5,10-11,13,16,19-20H,6-8H2,1H3;(H2,1,2,3,4);1H2/t10-,11+,13-,16-,17-;;/m0../s1. The first-order chi connectivity index (χ1) is 12.1. The third-order valence-electron chi connectivity index (χ3n) is 6.15. The molecule has 10 heteroatoms. The highest BCUT2D eigenvalue weighted by atomic mass is 32.3. The van der Waals surface area contributed by atoms with Crippen molar-refractivity contribution in [3.8, 4) is 11.5 Å². The second-order valence-electron chi connectivity index (χ2n) is 7.38. The topological polar surface area (TPSA) is 159 Å². The van der Waals surface area contributed by atoms with Crippen LogP contribution in [0.1, 0.15) is 17.5 Å². The van der Waals surface area contributed by atoms with Crippen LogP contribution in [0, 0.1) is 5.92 Å². The lowest BCUT2D eigenvalue weighted by molar-refractivity contribution is -0.0453. The highest BCUT2D eigenvalue weighted by molar-refractivity contribution is 7.79. The molecular weight excluding hydrogens is 378 g/mol. The molecule has 2 heterocycles. The lowest BCUT2D eigenvalue weighted by Gasteiger charge is -2.56. The lowest BCUT2D eigenvalue weighted by atomic mass is 9.53. The van der Waals surface area contributed by atoms with Gasteiger partial charge in [0.1, 0.15) is 12.2 Å². The molecule has 1 aromatic rings. The minimum Gasteiger partial charge on any atom is -0.504 e. The molecule has 4 aliphatic rings. The Morgan fingerprint density at radius 2 is 1.93 bits per heavy atom. The first kappa shape index (κ1) is 20.1. The van der Waals surface area contributed by atoms with Crippen LogP contribution in [0.5, 0.6) is 11.5 Å². The molecule has 0 amide bonds. The molecule has 2 aliphatic carbocycles. The summed E-state index contributed by atoms with van der Waals surface area (Å²) in [5, 5.41) is 20.6. The summed E-state index contributed by atoms with van der Waals surface area (Å²) in [6.07, 6.45) is 5.18. The molecule has 150 valence electrons. The Balaban J connectivity index is 0.000000315. The van der Waals surface area contributed by atoms with E-state index in [9.17, 15) is 10.2 Å². The Hall–Kier alpha value is -1.69. The van der Waals surface area contributed by atoms with Crippen LogP contribution in [-0.4, -0.2) is 70.0 Å². The number of aliphatic hydroxyl groups is 1. The SMILES string of the molecule is CN1CC[C@]23c4c5ccc(O)c4O[C@H]2[C@@H](O)C=C[C@H]3[C@H]1C5.O.O=S(=O)(O)O. The van der Waals surface area contributed by atoms with Gasteiger partial charge in [0, 0.05) is 22.9 Å². The van der Waals surface area contributed by atoms with Gasteiger partial charge in [-0.3, -0.25) is 9.11 Å². The molecule has 1 spiro atoms. The number of phenols is 1. The number of likely N-dealkylation sites (N-methyl/N-ethyl adjacent to an activating group) is 1. The maximum Gasteiger partial charge on any atom is 0.394 e. The zero-order chi connectivity index (χ0) is 18.9. The summed E-state index contributed by atoms with van der Waals surface area (Å²) in [5.41, 5.74) is 2.29. The van der Waals surface area contributed by atoms with Crippen molar-refractivity contribution < 1.29 is 37.9 Å². The molecule has 5 rings (SSSR count). The first-order valence-electron chi connectivity index (χ1n) is 8.41. The van der Waals surface area contributed by atoms with Crippen LogP contribution in [0.4, 0.5) is 0 Å².